The number of nitrogens with one attached hydrogen (secondary N) is 1. The molecule has 0 aliphatic carbocycles. The van der Waals surface area contributed by atoms with Crippen LogP contribution in [-0.2, 0) is 4.79 Å². The number of piperidine rings is 1. The molecule has 2 atom stereocenters. The van der Waals surface area contributed by atoms with Crippen LogP contribution in [-0.4, -0.2) is 43.0 Å². The van der Waals surface area contributed by atoms with E-state index in [1.807, 2.05) is 6.92 Å². The Kier molecular flexibility index (Phi) is 12.0. The second-order valence-corrected chi connectivity index (χ2v) is 5.45. The van der Waals surface area contributed by atoms with Gasteiger partial charge < -0.3 is 11.1 Å². The molecule has 19 heavy (non-hydrogen) atoms. The molecule has 1 aliphatic heterocycles. The van der Waals surface area contributed by atoms with E-state index < -0.39 is 0 Å². The first-order valence-electron chi connectivity index (χ1n) is 6.76. The molecule has 1 amide bonds. The predicted molar refractivity (Wildman–Crippen MR) is 85.2 cm³/mol. The fourth-order valence-electron chi connectivity index (χ4n) is 2.13. The van der Waals surface area contributed by atoms with E-state index in [9.17, 15) is 4.79 Å². The van der Waals surface area contributed by atoms with Gasteiger partial charge in [0.15, 0.2) is 0 Å². The van der Waals surface area contributed by atoms with Crippen molar-refractivity contribution in [1.29, 1.82) is 0 Å². The molecule has 4 nitrogen and oxygen atoms in total. The third kappa shape index (κ3) is 7.35. The molecule has 0 bridgehead atoms. The maximum absolute atomic E-state index is 11.6. The minimum absolute atomic E-state index is 0. The molecule has 2 unspecified atom stereocenters. The summed E-state index contributed by atoms with van der Waals surface area (Å²) in [5.74, 6) is 0.846. The van der Waals surface area contributed by atoms with Crippen molar-refractivity contribution >= 4 is 30.7 Å². The monoisotopic (exact) mass is 313 g/mol. The van der Waals surface area contributed by atoms with Crippen molar-refractivity contribution in [3.05, 3.63) is 0 Å². The summed E-state index contributed by atoms with van der Waals surface area (Å²) in [6, 6.07) is 0.427. The van der Waals surface area contributed by atoms with Gasteiger partial charge in [-0.1, -0.05) is 13.8 Å². The van der Waals surface area contributed by atoms with Gasteiger partial charge in [0.05, 0.1) is 0 Å². The predicted octanol–water partition coefficient (Wildman–Crippen LogP) is 1.66. The number of nitrogens with two attached hydrogens (primary N) is 1. The Bertz CT molecular complexity index is 246. The lowest BCUT2D eigenvalue weighted by molar-refractivity contribution is -0.124. The molecule has 1 fully saturated rings. The van der Waals surface area contributed by atoms with Crippen LogP contribution in [0.25, 0.3) is 0 Å². The Labute approximate surface area is 129 Å². The van der Waals surface area contributed by atoms with Crippen LogP contribution in [0, 0.1) is 11.8 Å². The lowest BCUT2D eigenvalue weighted by Gasteiger charge is -2.35. The van der Waals surface area contributed by atoms with Gasteiger partial charge in [0, 0.05) is 25.0 Å². The molecule has 0 aromatic heterocycles. The van der Waals surface area contributed by atoms with E-state index in [0.29, 0.717) is 12.6 Å². The zero-order valence-electron chi connectivity index (χ0n) is 12.2. The lowest BCUT2D eigenvalue weighted by Crippen LogP contribution is -2.46. The molecular weight excluding hydrogens is 285 g/mol. The quantitative estimate of drug-likeness (QED) is 0.811. The van der Waals surface area contributed by atoms with Gasteiger partial charge in [-0.15, -0.1) is 24.8 Å². The third-order valence-electron chi connectivity index (χ3n) is 3.81. The molecular formula is C13H29Cl2N3O. The highest BCUT2D eigenvalue weighted by atomic mass is 35.5. The Morgan fingerprint density at radius 1 is 1.32 bits per heavy atom. The zero-order valence-corrected chi connectivity index (χ0v) is 13.9. The van der Waals surface area contributed by atoms with E-state index in [-0.39, 0.29) is 36.6 Å². The maximum atomic E-state index is 11.6. The number of hydrogen-bond donors (Lipinski definition) is 2. The van der Waals surface area contributed by atoms with Gasteiger partial charge in [-0.05, 0) is 38.8 Å². The van der Waals surface area contributed by atoms with Crippen LogP contribution < -0.4 is 11.1 Å². The highest BCUT2D eigenvalue weighted by Crippen LogP contribution is 2.17. The number of hydrogen-bond acceptors (Lipinski definition) is 3. The second-order valence-electron chi connectivity index (χ2n) is 5.45. The van der Waals surface area contributed by atoms with Crippen molar-refractivity contribution in [2.75, 3.05) is 26.2 Å². The van der Waals surface area contributed by atoms with Gasteiger partial charge in [0.1, 0.15) is 0 Å². The summed E-state index contributed by atoms with van der Waals surface area (Å²) in [6.07, 6.45) is 2.55. The van der Waals surface area contributed by atoms with Crippen LogP contribution in [0.2, 0.25) is 0 Å². The molecule has 3 N–H and O–H groups in total. The average Bonchev–Trinajstić information content (AvgIpc) is 2.35. The molecule has 1 saturated heterocycles. The second kappa shape index (κ2) is 10.7. The molecule has 6 heteroatoms. The maximum Gasteiger partial charge on any atom is 0.224 e. The number of carbonyl (C=O) groups is 1. The summed E-state index contributed by atoms with van der Waals surface area (Å²) in [5.41, 5.74) is 5.47. The highest BCUT2D eigenvalue weighted by Gasteiger charge is 2.21. The molecule has 0 aromatic carbocycles. The van der Waals surface area contributed by atoms with E-state index in [2.05, 4.69) is 24.1 Å². The number of likely N-dealkylation sites (tertiary alicyclic amines) is 1. The van der Waals surface area contributed by atoms with Gasteiger partial charge >= 0.3 is 0 Å². The van der Waals surface area contributed by atoms with E-state index >= 15 is 0 Å². The van der Waals surface area contributed by atoms with E-state index in [4.69, 9.17) is 5.73 Å². The normalized spacial score (nSPS) is 19.8. The third-order valence-corrected chi connectivity index (χ3v) is 3.81. The summed E-state index contributed by atoms with van der Waals surface area (Å²) in [5, 5.41) is 2.98. The largest absolute Gasteiger partial charge is 0.354 e. The Balaban J connectivity index is 0. The van der Waals surface area contributed by atoms with Crippen molar-refractivity contribution in [2.45, 2.75) is 39.7 Å². The van der Waals surface area contributed by atoms with Crippen molar-refractivity contribution in [3.8, 4) is 0 Å². The highest BCUT2D eigenvalue weighted by molar-refractivity contribution is 5.85. The first kappa shape index (κ1) is 21.3. The SMILES string of the molecule is CC1CCN(C(C)CNC(=O)C(C)CN)CC1.Cl.Cl. The van der Waals surface area contributed by atoms with Gasteiger partial charge in [-0.25, -0.2) is 0 Å². The molecule has 1 heterocycles. The summed E-state index contributed by atoms with van der Waals surface area (Å²) in [6.45, 7) is 9.83. The van der Waals surface area contributed by atoms with Gasteiger partial charge in [0.2, 0.25) is 5.91 Å². The van der Waals surface area contributed by atoms with E-state index in [0.717, 1.165) is 25.6 Å². The molecule has 116 valence electrons. The summed E-state index contributed by atoms with van der Waals surface area (Å²) in [4.78, 5) is 14.1. The first-order valence-corrected chi connectivity index (χ1v) is 6.76. The first-order chi connectivity index (χ1) is 8.04. The van der Waals surface area contributed by atoms with Crippen molar-refractivity contribution in [1.82, 2.24) is 10.2 Å². The molecule has 0 radical (unpaired) electrons. The van der Waals surface area contributed by atoms with Crippen LogP contribution in [0.3, 0.4) is 0 Å². The Morgan fingerprint density at radius 2 is 1.84 bits per heavy atom. The minimum Gasteiger partial charge on any atom is -0.354 e. The van der Waals surface area contributed by atoms with Crippen LogP contribution in [0.15, 0.2) is 0 Å². The van der Waals surface area contributed by atoms with Gasteiger partial charge in [-0.2, -0.15) is 0 Å². The van der Waals surface area contributed by atoms with Crippen molar-refractivity contribution < 1.29 is 4.79 Å². The molecule has 0 spiro atoms. The van der Waals surface area contributed by atoms with Crippen LogP contribution >= 0.6 is 24.8 Å². The number of halogens is 2. The Morgan fingerprint density at radius 3 is 2.32 bits per heavy atom. The van der Waals surface area contributed by atoms with E-state index in [1.54, 1.807) is 0 Å². The summed E-state index contributed by atoms with van der Waals surface area (Å²) >= 11 is 0. The van der Waals surface area contributed by atoms with Gasteiger partial charge in [-0.3, -0.25) is 9.69 Å². The lowest BCUT2D eigenvalue weighted by atomic mass is 9.98. The Hall–Kier alpha value is -0.0300. The minimum atomic E-state index is -0.0800. The molecule has 0 aromatic rings. The summed E-state index contributed by atoms with van der Waals surface area (Å²) in [7, 11) is 0. The van der Waals surface area contributed by atoms with Crippen LogP contribution in [0.4, 0.5) is 0 Å². The zero-order chi connectivity index (χ0) is 12.8. The summed E-state index contributed by atoms with van der Waals surface area (Å²) < 4.78 is 0. The van der Waals surface area contributed by atoms with Crippen molar-refractivity contribution in [3.63, 3.8) is 0 Å². The number of nitrogens with zero attached hydrogens (tertiary/aromatic N) is 1. The fourth-order valence-corrected chi connectivity index (χ4v) is 2.13. The topological polar surface area (TPSA) is 58.4 Å². The van der Waals surface area contributed by atoms with Crippen LogP contribution in [0.1, 0.15) is 33.6 Å². The van der Waals surface area contributed by atoms with Gasteiger partial charge in [0.25, 0.3) is 0 Å². The molecule has 0 saturated carbocycles. The molecule has 1 rings (SSSR count). The van der Waals surface area contributed by atoms with E-state index in [1.165, 1.54) is 12.8 Å². The van der Waals surface area contributed by atoms with Crippen molar-refractivity contribution in [2.24, 2.45) is 17.6 Å². The standard InChI is InChI=1S/C13H27N3O.2ClH/c1-10-4-6-16(7-5-10)12(3)9-15-13(17)11(2)8-14;;/h10-12H,4-9,14H2,1-3H3,(H,15,17);2*1H. The number of carbonyl (C=O) groups excluding carboxylic acids is 1. The average molecular weight is 314 g/mol. The number of amides is 1. The number of rotatable bonds is 5. The molecule has 1 aliphatic rings. The fraction of sp³-hybridized carbons (Fsp3) is 0.923. The smallest absolute Gasteiger partial charge is 0.224 e. The van der Waals surface area contributed by atoms with Crippen LogP contribution in [0.5, 0.6) is 0 Å².